The molecule has 3 nitrogen and oxygen atoms in total. The van der Waals surface area contributed by atoms with Crippen molar-refractivity contribution in [3.05, 3.63) is 58.4 Å². The van der Waals surface area contributed by atoms with Crippen molar-refractivity contribution in [3.63, 3.8) is 0 Å². The smallest absolute Gasteiger partial charge is 0.163 e. The lowest BCUT2D eigenvalue weighted by Gasteiger charge is -2.23. The van der Waals surface area contributed by atoms with E-state index in [0.29, 0.717) is 35.8 Å². The number of halogens is 2. The Morgan fingerprint density at radius 2 is 1.74 bits per heavy atom. The van der Waals surface area contributed by atoms with Gasteiger partial charge in [0.1, 0.15) is 12.4 Å². The van der Waals surface area contributed by atoms with E-state index >= 15 is 0 Å². The number of rotatable bonds is 8. The van der Waals surface area contributed by atoms with Gasteiger partial charge in [-0.15, -0.1) is 0 Å². The molecule has 27 heavy (non-hydrogen) atoms. The Morgan fingerprint density at radius 1 is 1.04 bits per heavy atom. The molecule has 2 aromatic carbocycles. The third-order valence-electron chi connectivity index (χ3n) is 4.91. The van der Waals surface area contributed by atoms with Gasteiger partial charge in [0.2, 0.25) is 0 Å². The second-order valence-corrected chi connectivity index (χ2v) is 7.36. The van der Waals surface area contributed by atoms with Gasteiger partial charge < -0.3 is 14.8 Å². The molecule has 0 unspecified atom stereocenters. The molecule has 1 N–H and O–H groups in total. The van der Waals surface area contributed by atoms with Crippen LogP contribution in [0.5, 0.6) is 11.5 Å². The summed E-state index contributed by atoms with van der Waals surface area (Å²) in [5.74, 6) is 1.03. The monoisotopic (exact) mass is 391 g/mol. The molecule has 1 aliphatic rings. The molecule has 0 aliphatic heterocycles. The first-order chi connectivity index (χ1) is 13.2. The van der Waals surface area contributed by atoms with Gasteiger partial charge in [0.25, 0.3) is 0 Å². The summed E-state index contributed by atoms with van der Waals surface area (Å²) in [6.45, 7) is 3.54. The zero-order chi connectivity index (χ0) is 19.1. The first-order valence-corrected chi connectivity index (χ1v) is 10.1. The van der Waals surface area contributed by atoms with E-state index in [1.807, 2.05) is 19.1 Å². The lowest BCUT2D eigenvalue weighted by atomic mass is 9.95. The molecule has 1 fully saturated rings. The Bertz CT molecular complexity index is 730. The minimum atomic E-state index is -0.258. The van der Waals surface area contributed by atoms with Crippen molar-refractivity contribution in [2.24, 2.45) is 0 Å². The Hall–Kier alpha value is -1.78. The van der Waals surface area contributed by atoms with Gasteiger partial charge >= 0.3 is 0 Å². The maximum atomic E-state index is 13.0. The summed E-state index contributed by atoms with van der Waals surface area (Å²) >= 11 is 6.50. The highest BCUT2D eigenvalue weighted by Gasteiger charge is 2.15. The van der Waals surface area contributed by atoms with Gasteiger partial charge in [-0.05, 0) is 49.1 Å². The van der Waals surface area contributed by atoms with Crippen LogP contribution in [0.1, 0.15) is 50.2 Å². The molecule has 146 valence electrons. The van der Waals surface area contributed by atoms with Crippen molar-refractivity contribution in [2.75, 3.05) is 6.61 Å². The molecule has 3 rings (SSSR count). The first kappa shape index (κ1) is 20.0. The average molecular weight is 392 g/mol. The minimum absolute atomic E-state index is 0.258. The molecule has 1 aliphatic carbocycles. The highest BCUT2D eigenvalue weighted by Crippen LogP contribution is 2.34. The van der Waals surface area contributed by atoms with Crippen LogP contribution < -0.4 is 14.8 Å². The summed E-state index contributed by atoms with van der Waals surface area (Å²) in [6.07, 6.45) is 6.40. The highest BCUT2D eigenvalue weighted by atomic mass is 35.5. The lowest BCUT2D eigenvalue weighted by Crippen LogP contribution is -2.30. The van der Waals surface area contributed by atoms with Gasteiger partial charge in [-0.1, -0.05) is 43.0 Å². The van der Waals surface area contributed by atoms with Crippen LogP contribution in [-0.4, -0.2) is 12.6 Å². The molecule has 1 saturated carbocycles. The molecule has 0 amide bonds. The Labute approximate surface area is 165 Å². The fourth-order valence-electron chi connectivity index (χ4n) is 3.40. The fraction of sp³-hybridized carbons (Fsp3) is 0.455. The molecule has 0 atom stereocenters. The molecule has 0 bridgehead atoms. The van der Waals surface area contributed by atoms with Crippen LogP contribution in [0.3, 0.4) is 0 Å². The van der Waals surface area contributed by atoms with Crippen LogP contribution in [-0.2, 0) is 13.2 Å². The Kier molecular flexibility index (Phi) is 7.36. The van der Waals surface area contributed by atoms with Crippen LogP contribution in [0.2, 0.25) is 5.02 Å². The summed E-state index contributed by atoms with van der Waals surface area (Å²) in [5.41, 5.74) is 1.90. The zero-order valence-corrected chi connectivity index (χ0v) is 16.5. The Morgan fingerprint density at radius 3 is 2.44 bits per heavy atom. The lowest BCUT2D eigenvalue weighted by molar-refractivity contribution is 0.269. The SMILES string of the molecule is CCOc1cc(CNC2CCCCC2)c(Cl)cc1OCc1ccc(F)cc1. The maximum Gasteiger partial charge on any atom is 0.163 e. The number of hydrogen-bond acceptors (Lipinski definition) is 3. The molecule has 0 radical (unpaired) electrons. The van der Waals surface area contributed by atoms with E-state index in [1.165, 1.54) is 44.2 Å². The molecule has 2 aromatic rings. The topological polar surface area (TPSA) is 30.5 Å². The molecule has 0 aromatic heterocycles. The fourth-order valence-corrected chi connectivity index (χ4v) is 3.62. The molecule has 5 heteroatoms. The highest BCUT2D eigenvalue weighted by molar-refractivity contribution is 6.31. The predicted molar refractivity (Wildman–Crippen MR) is 107 cm³/mol. The van der Waals surface area contributed by atoms with E-state index in [4.69, 9.17) is 21.1 Å². The van der Waals surface area contributed by atoms with Crippen LogP contribution in [0.4, 0.5) is 4.39 Å². The Balaban J connectivity index is 1.67. The van der Waals surface area contributed by atoms with E-state index in [9.17, 15) is 4.39 Å². The largest absolute Gasteiger partial charge is 0.490 e. The second-order valence-electron chi connectivity index (χ2n) is 6.95. The van der Waals surface area contributed by atoms with Crippen molar-refractivity contribution >= 4 is 11.6 Å². The quantitative estimate of drug-likeness (QED) is 0.609. The zero-order valence-electron chi connectivity index (χ0n) is 15.8. The van der Waals surface area contributed by atoms with Gasteiger partial charge in [-0.25, -0.2) is 4.39 Å². The molecular formula is C22H27ClFNO2. The maximum absolute atomic E-state index is 13.0. The molecule has 0 heterocycles. The first-order valence-electron chi connectivity index (χ1n) is 9.71. The van der Waals surface area contributed by atoms with Crippen molar-refractivity contribution in [2.45, 2.75) is 58.2 Å². The van der Waals surface area contributed by atoms with Gasteiger partial charge in [-0.3, -0.25) is 0 Å². The van der Waals surface area contributed by atoms with Crippen molar-refractivity contribution < 1.29 is 13.9 Å². The summed E-state index contributed by atoms with van der Waals surface area (Å²) < 4.78 is 24.7. The number of hydrogen-bond donors (Lipinski definition) is 1. The van der Waals surface area contributed by atoms with Crippen LogP contribution in [0, 0.1) is 5.82 Å². The molecular weight excluding hydrogens is 365 g/mol. The van der Waals surface area contributed by atoms with Crippen molar-refractivity contribution in [3.8, 4) is 11.5 Å². The third kappa shape index (κ3) is 5.85. The van der Waals surface area contributed by atoms with Gasteiger partial charge in [0.05, 0.1) is 6.61 Å². The summed E-state index contributed by atoms with van der Waals surface area (Å²) in [4.78, 5) is 0. The second kappa shape index (κ2) is 9.95. The average Bonchev–Trinajstić information content (AvgIpc) is 2.69. The number of benzene rings is 2. The van der Waals surface area contributed by atoms with E-state index in [1.54, 1.807) is 12.1 Å². The van der Waals surface area contributed by atoms with Crippen LogP contribution in [0.25, 0.3) is 0 Å². The number of nitrogens with one attached hydrogen (secondary N) is 1. The van der Waals surface area contributed by atoms with E-state index in [2.05, 4.69) is 5.32 Å². The summed E-state index contributed by atoms with van der Waals surface area (Å²) in [5, 5.41) is 4.28. The van der Waals surface area contributed by atoms with Gasteiger partial charge in [-0.2, -0.15) is 0 Å². The summed E-state index contributed by atoms with van der Waals surface area (Å²) in [7, 11) is 0. The third-order valence-corrected chi connectivity index (χ3v) is 5.26. The van der Waals surface area contributed by atoms with Gasteiger partial charge in [0, 0.05) is 23.7 Å². The van der Waals surface area contributed by atoms with E-state index < -0.39 is 0 Å². The van der Waals surface area contributed by atoms with Crippen LogP contribution in [0.15, 0.2) is 36.4 Å². The van der Waals surface area contributed by atoms with Crippen molar-refractivity contribution in [1.82, 2.24) is 5.32 Å². The summed E-state index contributed by atoms with van der Waals surface area (Å²) in [6, 6.07) is 10.6. The normalized spacial score (nSPS) is 14.9. The van der Waals surface area contributed by atoms with Crippen LogP contribution >= 0.6 is 11.6 Å². The minimum Gasteiger partial charge on any atom is -0.490 e. The van der Waals surface area contributed by atoms with Gasteiger partial charge in [0.15, 0.2) is 11.5 Å². The van der Waals surface area contributed by atoms with Crippen molar-refractivity contribution in [1.29, 1.82) is 0 Å². The molecule has 0 saturated heterocycles. The van der Waals surface area contributed by atoms with E-state index in [0.717, 1.165) is 17.7 Å². The predicted octanol–water partition coefficient (Wildman–Crippen LogP) is 5.88. The molecule has 0 spiro atoms. The number of ether oxygens (including phenoxy) is 2. The van der Waals surface area contributed by atoms with E-state index in [-0.39, 0.29) is 5.82 Å². The standard InChI is InChI=1S/C22H27ClFNO2/c1-2-26-21-12-17(14-25-19-6-4-3-5-7-19)20(23)13-22(21)27-15-16-8-10-18(24)11-9-16/h8-13,19,25H,2-7,14-15H2,1H3.